The van der Waals surface area contributed by atoms with E-state index in [-0.39, 0.29) is 6.61 Å². The van der Waals surface area contributed by atoms with Crippen molar-refractivity contribution in [2.45, 2.75) is 6.10 Å². The third-order valence-electron chi connectivity index (χ3n) is 3.75. The van der Waals surface area contributed by atoms with Gasteiger partial charge in [-0.05, 0) is 12.1 Å². The molecular weight excluding hydrogens is 354 g/mol. The predicted molar refractivity (Wildman–Crippen MR) is 95.5 cm³/mol. The molecule has 3 rings (SSSR count). The van der Waals surface area contributed by atoms with Gasteiger partial charge in [0.05, 0.1) is 14.2 Å². The monoisotopic (exact) mass is 373 g/mol. The Morgan fingerprint density at radius 3 is 2.41 bits per heavy atom. The number of ether oxygens (including phenoxy) is 5. The molecule has 0 spiro atoms. The Hall–Kier alpha value is -3.42. The van der Waals surface area contributed by atoms with Crippen molar-refractivity contribution in [2.75, 3.05) is 32.8 Å². The standard InChI is InChI=1S/C19H19NO7/c1-23-13-7-12(8-14(9-13)24-2)20-18(21)11-26-19(22)17-10-25-15-5-3-4-6-16(15)27-17/h3-9,17H,10-11H2,1-2H3,(H,20,21). The second-order valence-electron chi connectivity index (χ2n) is 5.62. The molecule has 142 valence electrons. The quantitative estimate of drug-likeness (QED) is 0.775. The number of amides is 1. The highest BCUT2D eigenvalue weighted by Crippen LogP contribution is 2.31. The lowest BCUT2D eigenvalue weighted by molar-refractivity contribution is -0.156. The highest BCUT2D eigenvalue weighted by atomic mass is 16.6. The molecule has 1 amide bonds. The Kier molecular flexibility index (Phi) is 5.65. The van der Waals surface area contributed by atoms with E-state index >= 15 is 0 Å². The molecule has 0 bridgehead atoms. The first-order valence-electron chi connectivity index (χ1n) is 8.17. The molecule has 1 N–H and O–H groups in total. The van der Waals surface area contributed by atoms with Crippen LogP contribution in [0.25, 0.3) is 0 Å². The van der Waals surface area contributed by atoms with Gasteiger partial charge >= 0.3 is 5.97 Å². The van der Waals surface area contributed by atoms with E-state index in [0.717, 1.165) is 0 Å². The molecule has 8 nitrogen and oxygen atoms in total. The van der Waals surface area contributed by atoms with Gasteiger partial charge in [-0.3, -0.25) is 4.79 Å². The minimum atomic E-state index is -0.926. The van der Waals surface area contributed by atoms with Gasteiger partial charge in [-0.1, -0.05) is 12.1 Å². The molecule has 1 unspecified atom stereocenters. The second kappa shape index (κ2) is 8.31. The number of para-hydroxylation sites is 2. The van der Waals surface area contributed by atoms with Gasteiger partial charge in [-0.15, -0.1) is 0 Å². The van der Waals surface area contributed by atoms with Crippen molar-refractivity contribution < 1.29 is 33.3 Å². The van der Waals surface area contributed by atoms with Crippen LogP contribution in [0.15, 0.2) is 42.5 Å². The first kappa shape index (κ1) is 18.4. The van der Waals surface area contributed by atoms with Crippen LogP contribution >= 0.6 is 0 Å². The minimum Gasteiger partial charge on any atom is -0.497 e. The van der Waals surface area contributed by atoms with Gasteiger partial charge in [-0.2, -0.15) is 0 Å². The van der Waals surface area contributed by atoms with E-state index in [1.165, 1.54) is 14.2 Å². The van der Waals surface area contributed by atoms with Crippen molar-refractivity contribution in [3.05, 3.63) is 42.5 Å². The third kappa shape index (κ3) is 4.60. The van der Waals surface area contributed by atoms with Gasteiger partial charge in [0.15, 0.2) is 18.1 Å². The zero-order valence-corrected chi connectivity index (χ0v) is 14.9. The van der Waals surface area contributed by atoms with Crippen molar-refractivity contribution in [1.82, 2.24) is 0 Å². The van der Waals surface area contributed by atoms with Crippen LogP contribution in [0.3, 0.4) is 0 Å². The molecule has 1 aliphatic heterocycles. The summed E-state index contributed by atoms with van der Waals surface area (Å²) in [5.41, 5.74) is 0.457. The SMILES string of the molecule is COc1cc(NC(=O)COC(=O)C2COc3ccccc3O2)cc(OC)c1. The average molecular weight is 373 g/mol. The predicted octanol–water partition coefficient (Wildman–Crippen LogP) is 2.03. The Balaban J connectivity index is 1.53. The van der Waals surface area contributed by atoms with Gasteiger partial charge in [0.2, 0.25) is 6.10 Å². The molecule has 0 radical (unpaired) electrons. The maximum Gasteiger partial charge on any atom is 0.351 e. The smallest absolute Gasteiger partial charge is 0.351 e. The summed E-state index contributed by atoms with van der Waals surface area (Å²) in [6, 6.07) is 11.9. The van der Waals surface area contributed by atoms with Crippen LogP contribution in [0.1, 0.15) is 0 Å². The number of rotatable bonds is 6. The Morgan fingerprint density at radius 1 is 1.07 bits per heavy atom. The second-order valence-corrected chi connectivity index (χ2v) is 5.62. The molecule has 27 heavy (non-hydrogen) atoms. The van der Waals surface area contributed by atoms with Gasteiger partial charge < -0.3 is 29.0 Å². The summed E-state index contributed by atoms with van der Waals surface area (Å²) in [4.78, 5) is 24.2. The largest absolute Gasteiger partial charge is 0.497 e. The summed E-state index contributed by atoms with van der Waals surface area (Å²) >= 11 is 0. The average Bonchev–Trinajstić information content (AvgIpc) is 2.71. The third-order valence-corrected chi connectivity index (χ3v) is 3.75. The molecular formula is C19H19NO7. The Labute approximate surface area is 155 Å². The maximum absolute atomic E-state index is 12.1. The van der Waals surface area contributed by atoms with Crippen molar-refractivity contribution in [3.8, 4) is 23.0 Å². The highest BCUT2D eigenvalue weighted by Gasteiger charge is 2.29. The molecule has 0 fully saturated rings. The highest BCUT2D eigenvalue weighted by molar-refractivity contribution is 5.93. The first-order chi connectivity index (χ1) is 13.1. The number of anilines is 1. The number of carbonyl (C=O) groups is 2. The lowest BCUT2D eigenvalue weighted by Crippen LogP contribution is -2.39. The molecule has 1 aliphatic rings. The Morgan fingerprint density at radius 2 is 1.74 bits per heavy atom. The number of hydrogen-bond donors (Lipinski definition) is 1. The maximum atomic E-state index is 12.1. The van der Waals surface area contributed by atoms with Crippen LogP contribution in [0.2, 0.25) is 0 Å². The van der Waals surface area contributed by atoms with E-state index in [1.807, 2.05) is 0 Å². The lowest BCUT2D eigenvalue weighted by Gasteiger charge is -2.24. The summed E-state index contributed by atoms with van der Waals surface area (Å²) in [7, 11) is 3.01. The van der Waals surface area contributed by atoms with E-state index in [1.54, 1.807) is 42.5 Å². The molecule has 2 aromatic carbocycles. The molecule has 0 aliphatic carbocycles. The minimum absolute atomic E-state index is 0.0184. The van der Waals surface area contributed by atoms with Crippen LogP contribution in [0.5, 0.6) is 23.0 Å². The van der Waals surface area contributed by atoms with Crippen molar-refractivity contribution in [3.63, 3.8) is 0 Å². The Bertz CT molecular complexity index is 814. The molecule has 0 saturated heterocycles. The number of fused-ring (bicyclic) bond motifs is 1. The molecule has 1 heterocycles. The van der Waals surface area contributed by atoms with Crippen molar-refractivity contribution in [2.24, 2.45) is 0 Å². The van der Waals surface area contributed by atoms with Crippen molar-refractivity contribution >= 4 is 17.6 Å². The number of methoxy groups -OCH3 is 2. The fraction of sp³-hybridized carbons (Fsp3) is 0.263. The summed E-state index contributed by atoms with van der Waals surface area (Å²) in [6.07, 6.45) is -0.926. The van der Waals surface area contributed by atoms with Gasteiger partial charge in [0, 0.05) is 23.9 Å². The summed E-state index contributed by atoms with van der Waals surface area (Å²) in [5.74, 6) is 0.879. The van der Waals surface area contributed by atoms with E-state index < -0.39 is 24.6 Å². The van der Waals surface area contributed by atoms with Crippen molar-refractivity contribution in [1.29, 1.82) is 0 Å². The normalized spacial score (nSPS) is 14.8. The first-order valence-corrected chi connectivity index (χ1v) is 8.17. The number of esters is 1. The summed E-state index contributed by atoms with van der Waals surface area (Å²) in [6.45, 7) is -0.440. The topological polar surface area (TPSA) is 92.3 Å². The lowest BCUT2D eigenvalue weighted by atomic mass is 10.2. The fourth-order valence-electron chi connectivity index (χ4n) is 2.44. The van der Waals surface area contributed by atoms with Crippen LogP contribution in [0, 0.1) is 0 Å². The summed E-state index contributed by atoms with van der Waals surface area (Å²) < 4.78 is 26.3. The molecule has 1 atom stereocenters. The number of nitrogens with one attached hydrogen (secondary N) is 1. The fourth-order valence-corrected chi connectivity index (χ4v) is 2.44. The van der Waals surface area contributed by atoms with Gasteiger partial charge in [0.1, 0.15) is 18.1 Å². The van der Waals surface area contributed by atoms with Gasteiger partial charge in [-0.25, -0.2) is 4.79 Å². The van der Waals surface area contributed by atoms with Gasteiger partial charge in [0.25, 0.3) is 5.91 Å². The van der Waals surface area contributed by atoms with E-state index in [2.05, 4.69) is 5.32 Å². The number of benzene rings is 2. The summed E-state index contributed by atoms with van der Waals surface area (Å²) in [5, 5.41) is 2.62. The van der Waals surface area contributed by atoms with Crippen LogP contribution in [-0.4, -0.2) is 45.4 Å². The molecule has 0 aromatic heterocycles. The van der Waals surface area contributed by atoms with E-state index in [9.17, 15) is 9.59 Å². The zero-order valence-electron chi connectivity index (χ0n) is 14.9. The van der Waals surface area contributed by atoms with Crippen LogP contribution < -0.4 is 24.3 Å². The number of hydrogen-bond acceptors (Lipinski definition) is 7. The van der Waals surface area contributed by atoms with E-state index in [0.29, 0.717) is 28.7 Å². The van der Waals surface area contributed by atoms with Crippen LogP contribution in [-0.2, 0) is 14.3 Å². The van der Waals surface area contributed by atoms with E-state index in [4.69, 9.17) is 23.7 Å². The zero-order chi connectivity index (χ0) is 19.2. The number of carbonyl (C=O) groups excluding carboxylic acids is 2. The van der Waals surface area contributed by atoms with Crippen LogP contribution in [0.4, 0.5) is 5.69 Å². The molecule has 2 aromatic rings. The molecule has 8 heteroatoms. The molecule has 0 saturated carbocycles.